The molecule has 0 unspecified atom stereocenters. The van der Waals surface area contributed by atoms with E-state index in [1.54, 1.807) is 13.8 Å². The number of methoxy groups -OCH3 is 1. The van der Waals surface area contributed by atoms with E-state index in [0.29, 0.717) is 0 Å². The number of nitrogens with two attached hydrogens (primary N) is 1. The van der Waals surface area contributed by atoms with E-state index in [9.17, 15) is 9.18 Å². The van der Waals surface area contributed by atoms with E-state index in [2.05, 4.69) is 4.74 Å². The highest BCUT2D eigenvalue weighted by atomic mass is 19.1. The number of rotatable bonds is 3. The van der Waals surface area contributed by atoms with Crippen molar-refractivity contribution in [2.24, 2.45) is 0 Å². The smallest absolute Gasteiger partial charge is 0.341 e. The second-order valence-electron chi connectivity index (χ2n) is 3.53. The number of benzene rings is 1. The van der Waals surface area contributed by atoms with E-state index < -0.39 is 11.8 Å². The molecule has 0 aliphatic carbocycles. The first-order valence-corrected chi connectivity index (χ1v) is 4.79. The summed E-state index contributed by atoms with van der Waals surface area (Å²) in [5.74, 6) is -1.10. The number of hydrogen-bond acceptors (Lipinski definition) is 4. The lowest BCUT2D eigenvalue weighted by molar-refractivity contribution is 0.0594. The number of esters is 1. The number of carbonyl (C=O) groups excluding carboxylic acids is 1. The molecular formula is C11H14FNO3. The molecule has 88 valence electrons. The Balaban J connectivity index is 3.21. The van der Waals surface area contributed by atoms with Gasteiger partial charge in [-0.1, -0.05) is 0 Å². The van der Waals surface area contributed by atoms with Gasteiger partial charge in [0.25, 0.3) is 0 Å². The van der Waals surface area contributed by atoms with Gasteiger partial charge < -0.3 is 15.2 Å². The summed E-state index contributed by atoms with van der Waals surface area (Å²) in [6.45, 7) is 3.58. The van der Waals surface area contributed by atoms with Crippen LogP contribution in [-0.4, -0.2) is 19.2 Å². The molecule has 1 aromatic rings. The van der Waals surface area contributed by atoms with Crippen LogP contribution in [0, 0.1) is 5.82 Å². The molecule has 0 saturated heterocycles. The third-order valence-corrected chi connectivity index (χ3v) is 1.87. The predicted octanol–water partition coefficient (Wildman–Crippen LogP) is 1.98. The van der Waals surface area contributed by atoms with E-state index >= 15 is 0 Å². The van der Waals surface area contributed by atoms with Gasteiger partial charge in [-0.05, 0) is 19.9 Å². The molecule has 0 heterocycles. The van der Waals surface area contributed by atoms with Crippen LogP contribution in [0.25, 0.3) is 0 Å². The molecule has 0 saturated carbocycles. The van der Waals surface area contributed by atoms with E-state index in [1.807, 2.05) is 0 Å². The molecule has 0 aromatic heterocycles. The molecule has 0 spiro atoms. The van der Waals surface area contributed by atoms with Gasteiger partial charge in [-0.2, -0.15) is 0 Å². The van der Waals surface area contributed by atoms with Gasteiger partial charge in [0.1, 0.15) is 17.1 Å². The van der Waals surface area contributed by atoms with Gasteiger partial charge >= 0.3 is 5.97 Å². The second-order valence-corrected chi connectivity index (χ2v) is 3.53. The third kappa shape index (κ3) is 2.62. The molecule has 0 amide bonds. The molecule has 16 heavy (non-hydrogen) atoms. The number of ether oxygens (including phenoxy) is 2. The number of hydrogen-bond donors (Lipinski definition) is 1. The third-order valence-electron chi connectivity index (χ3n) is 1.87. The minimum atomic E-state index is -0.670. The Kier molecular flexibility index (Phi) is 3.71. The monoisotopic (exact) mass is 227 g/mol. The van der Waals surface area contributed by atoms with Crippen LogP contribution in [0.2, 0.25) is 0 Å². The van der Waals surface area contributed by atoms with E-state index in [4.69, 9.17) is 10.5 Å². The number of halogens is 1. The fraction of sp³-hybridized carbons (Fsp3) is 0.364. The van der Waals surface area contributed by atoms with Gasteiger partial charge in [-0.15, -0.1) is 0 Å². The molecule has 5 heteroatoms. The van der Waals surface area contributed by atoms with Crippen molar-refractivity contribution < 1.29 is 18.7 Å². The lowest BCUT2D eigenvalue weighted by Gasteiger charge is -2.14. The van der Waals surface area contributed by atoms with E-state index in [1.165, 1.54) is 13.2 Å². The molecule has 0 aliphatic rings. The Bertz CT molecular complexity index is 404. The van der Waals surface area contributed by atoms with Crippen molar-refractivity contribution in [1.82, 2.24) is 0 Å². The summed E-state index contributed by atoms with van der Waals surface area (Å²) in [7, 11) is 1.22. The first kappa shape index (κ1) is 12.3. The van der Waals surface area contributed by atoms with Crippen LogP contribution in [-0.2, 0) is 4.74 Å². The molecule has 0 bridgehead atoms. The number of anilines is 1. The van der Waals surface area contributed by atoms with Gasteiger partial charge in [-0.3, -0.25) is 0 Å². The summed E-state index contributed by atoms with van der Waals surface area (Å²) in [5, 5.41) is 0. The molecule has 1 aromatic carbocycles. The first-order valence-electron chi connectivity index (χ1n) is 4.79. The Morgan fingerprint density at radius 1 is 1.44 bits per heavy atom. The van der Waals surface area contributed by atoms with Gasteiger partial charge in [0.05, 0.1) is 18.9 Å². The Morgan fingerprint density at radius 2 is 2.06 bits per heavy atom. The Morgan fingerprint density at radius 3 is 2.56 bits per heavy atom. The van der Waals surface area contributed by atoms with Gasteiger partial charge in [0.2, 0.25) is 0 Å². The fourth-order valence-corrected chi connectivity index (χ4v) is 1.19. The Labute approximate surface area is 93.2 Å². The predicted molar refractivity (Wildman–Crippen MR) is 57.9 cm³/mol. The maximum absolute atomic E-state index is 13.2. The normalized spacial score (nSPS) is 10.3. The van der Waals surface area contributed by atoms with Crippen LogP contribution in [0.15, 0.2) is 12.1 Å². The van der Waals surface area contributed by atoms with Crippen molar-refractivity contribution in [3.63, 3.8) is 0 Å². The summed E-state index contributed by atoms with van der Waals surface area (Å²) >= 11 is 0. The highest BCUT2D eigenvalue weighted by Gasteiger charge is 2.17. The molecule has 0 atom stereocenters. The summed E-state index contributed by atoms with van der Waals surface area (Å²) in [5.41, 5.74) is 5.36. The molecule has 4 nitrogen and oxygen atoms in total. The SMILES string of the molecule is COC(=O)c1cc(F)c(N)cc1OC(C)C. The van der Waals surface area contributed by atoms with Crippen molar-refractivity contribution in [3.8, 4) is 5.75 Å². The fourth-order valence-electron chi connectivity index (χ4n) is 1.19. The highest BCUT2D eigenvalue weighted by molar-refractivity contribution is 5.93. The van der Waals surface area contributed by atoms with Gasteiger partial charge in [0.15, 0.2) is 0 Å². The van der Waals surface area contributed by atoms with Crippen LogP contribution < -0.4 is 10.5 Å². The zero-order valence-electron chi connectivity index (χ0n) is 9.41. The summed E-state index contributed by atoms with van der Waals surface area (Å²) in [6, 6.07) is 2.29. The second kappa shape index (κ2) is 4.83. The molecule has 0 aliphatic heterocycles. The molecule has 0 fully saturated rings. The lowest BCUT2D eigenvalue weighted by Crippen LogP contribution is -2.12. The highest BCUT2D eigenvalue weighted by Crippen LogP contribution is 2.26. The minimum Gasteiger partial charge on any atom is -0.490 e. The van der Waals surface area contributed by atoms with Crippen molar-refractivity contribution in [1.29, 1.82) is 0 Å². The van der Waals surface area contributed by atoms with Gasteiger partial charge in [0, 0.05) is 6.07 Å². The number of nitrogen functional groups attached to an aromatic ring is 1. The van der Waals surface area contributed by atoms with Crippen LogP contribution in [0.4, 0.5) is 10.1 Å². The minimum absolute atomic E-state index is 0.0305. The largest absolute Gasteiger partial charge is 0.490 e. The molecule has 2 N–H and O–H groups in total. The summed E-state index contributed by atoms with van der Waals surface area (Å²) < 4.78 is 23.1. The van der Waals surface area contributed by atoms with Crippen molar-refractivity contribution in [2.75, 3.05) is 12.8 Å². The zero-order chi connectivity index (χ0) is 12.3. The quantitative estimate of drug-likeness (QED) is 0.633. The summed E-state index contributed by atoms with van der Waals surface area (Å²) in [6.07, 6.45) is -0.145. The standard InChI is InChI=1S/C11H14FNO3/c1-6(2)16-10-5-9(13)8(12)4-7(10)11(14)15-3/h4-6H,13H2,1-3H3. The summed E-state index contributed by atoms with van der Waals surface area (Å²) in [4.78, 5) is 11.4. The van der Waals surface area contributed by atoms with Crippen LogP contribution in [0.3, 0.4) is 0 Å². The average Bonchev–Trinajstić information content (AvgIpc) is 2.21. The average molecular weight is 227 g/mol. The zero-order valence-corrected chi connectivity index (χ0v) is 9.41. The maximum Gasteiger partial charge on any atom is 0.341 e. The molecular weight excluding hydrogens is 213 g/mol. The lowest BCUT2D eigenvalue weighted by atomic mass is 10.1. The molecule has 0 radical (unpaired) electrons. The van der Waals surface area contributed by atoms with Crippen molar-refractivity contribution in [3.05, 3.63) is 23.5 Å². The first-order chi connectivity index (χ1) is 7.45. The van der Waals surface area contributed by atoms with E-state index in [-0.39, 0.29) is 23.1 Å². The van der Waals surface area contributed by atoms with Crippen LogP contribution >= 0.6 is 0 Å². The van der Waals surface area contributed by atoms with Crippen LogP contribution in [0.1, 0.15) is 24.2 Å². The van der Waals surface area contributed by atoms with Crippen molar-refractivity contribution >= 4 is 11.7 Å². The van der Waals surface area contributed by atoms with E-state index in [0.717, 1.165) is 6.07 Å². The van der Waals surface area contributed by atoms with Crippen molar-refractivity contribution in [2.45, 2.75) is 20.0 Å². The van der Waals surface area contributed by atoms with Crippen LogP contribution in [0.5, 0.6) is 5.75 Å². The topological polar surface area (TPSA) is 61.5 Å². The number of carbonyl (C=O) groups is 1. The molecule has 1 rings (SSSR count). The maximum atomic E-state index is 13.2. The van der Waals surface area contributed by atoms with Gasteiger partial charge in [-0.25, -0.2) is 9.18 Å². The Hall–Kier alpha value is -1.78.